The van der Waals surface area contributed by atoms with E-state index in [4.69, 9.17) is 9.47 Å². The van der Waals surface area contributed by atoms with E-state index in [-0.39, 0.29) is 24.7 Å². The summed E-state index contributed by atoms with van der Waals surface area (Å²) in [5, 5.41) is 2.89. The first-order valence-electron chi connectivity index (χ1n) is 6.43. The van der Waals surface area contributed by atoms with Crippen LogP contribution >= 0.6 is 0 Å². The van der Waals surface area contributed by atoms with Crippen LogP contribution in [0, 0.1) is 0 Å². The molecule has 0 spiro atoms. The summed E-state index contributed by atoms with van der Waals surface area (Å²) in [6.45, 7) is 4.66. The number of carbonyl (C=O) groups is 2. The van der Waals surface area contributed by atoms with E-state index in [1.807, 2.05) is 0 Å². The molecule has 6 heteroatoms. The number of nitrogens with zero attached hydrogens (tertiary/aromatic N) is 1. The highest BCUT2D eigenvalue weighted by atomic mass is 16.6. The Morgan fingerprint density at radius 3 is 2.72 bits per heavy atom. The number of morpholine rings is 1. The molecule has 0 aromatic heterocycles. The van der Waals surface area contributed by atoms with Gasteiger partial charge in [0.15, 0.2) is 0 Å². The molecule has 2 fully saturated rings. The van der Waals surface area contributed by atoms with Crippen LogP contribution in [-0.4, -0.2) is 54.8 Å². The van der Waals surface area contributed by atoms with Gasteiger partial charge < -0.3 is 14.8 Å². The van der Waals surface area contributed by atoms with Gasteiger partial charge in [-0.25, -0.2) is 4.79 Å². The molecule has 18 heavy (non-hydrogen) atoms. The first kappa shape index (κ1) is 13.1. The van der Waals surface area contributed by atoms with Crippen LogP contribution in [0.15, 0.2) is 0 Å². The van der Waals surface area contributed by atoms with Gasteiger partial charge in [0.25, 0.3) is 0 Å². The van der Waals surface area contributed by atoms with Crippen molar-refractivity contribution in [3.8, 4) is 0 Å². The molecule has 2 amide bonds. The Labute approximate surface area is 107 Å². The van der Waals surface area contributed by atoms with E-state index < -0.39 is 12.1 Å². The SMILES string of the molecule is CC(C)OC(=O)N1CCOCC1C(=O)NC1CC1. The van der Waals surface area contributed by atoms with E-state index in [2.05, 4.69) is 5.32 Å². The molecule has 1 atom stereocenters. The lowest BCUT2D eigenvalue weighted by Gasteiger charge is -2.34. The second kappa shape index (κ2) is 5.56. The van der Waals surface area contributed by atoms with Gasteiger partial charge >= 0.3 is 6.09 Å². The van der Waals surface area contributed by atoms with Gasteiger partial charge in [-0.15, -0.1) is 0 Å². The second-order valence-corrected chi connectivity index (χ2v) is 5.00. The molecule has 0 bridgehead atoms. The van der Waals surface area contributed by atoms with Crippen LogP contribution in [0.25, 0.3) is 0 Å². The van der Waals surface area contributed by atoms with Crippen LogP contribution < -0.4 is 5.32 Å². The second-order valence-electron chi connectivity index (χ2n) is 5.00. The summed E-state index contributed by atoms with van der Waals surface area (Å²) in [6.07, 6.45) is 1.42. The quantitative estimate of drug-likeness (QED) is 0.799. The highest BCUT2D eigenvalue weighted by Gasteiger charge is 2.36. The first-order valence-corrected chi connectivity index (χ1v) is 6.43. The third kappa shape index (κ3) is 3.35. The molecule has 0 aromatic carbocycles. The summed E-state index contributed by atoms with van der Waals surface area (Å²) in [7, 11) is 0. The Kier molecular flexibility index (Phi) is 4.06. The van der Waals surface area contributed by atoms with E-state index in [1.165, 1.54) is 4.90 Å². The third-order valence-corrected chi connectivity index (χ3v) is 2.93. The van der Waals surface area contributed by atoms with Crippen molar-refractivity contribution in [3.63, 3.8) is 0 Å². The maximum Gasteiger partial charge on any atom is 0.410 e. The van der Waals surface area contributed by atoms with Crippen molar-refractivity contribution in [1.82, 2.24) is 10.2 Å². The number of carbonyl (C=O) groups excluding carboxylic acids is 2. The summed E-state index contributed by atoms with van der Waals surface area (Å²) in [6, 6.07) is -0.284. The fourth-order valence-electron chi connectivity index (χ4n) is 1.83. The molecule has 1 saturated heterocycles. The lowest BCUT2D eigenvalue weighted by molar-refractivity contribution is -0.131. The maximum absolute atomic E-state index is 12.0. The van der Waals surface area contributed by atoms with Gasteiger partial charge in [-0.2, -0.15) is 0 Å². The standard InChI is InChI=1S/C12H20N2O4/c1-8(2)18-12(16)14-5-6-17-7-10(14)11(15)13-9-3-4-9/h8-10H,3-7H2,1-2H3,(H,13,15). The van der Waals surface area contributed by atoms with Crippen LogP contribution in [-0.2, 0) is 14.3 Å². The topological polar surface area (TPSA) is 67.9 Å². The average molecular weight is 256 g/mol. The Morgan fingerprint density at radius 1 is 1.39 bits per heavy atom. The maximum atomic E-state index is 12.0. The lowest BCUT2D eigenvalue weighted by atomic mass is 10.2. The lowest BCUT2D eigenvalue weighted by Crippen LogP contribution is -2.56. The Morgan fingerprint density at radius 2 is 2.11 bits per heavy atom. The van der Waals surface area contributed by atoms with Crippen molar-refractivity contribution in [2.75, 3.05) is 19.8 Å². The third-order valence-electron chi connectivity index (χ3n) is 2.93. The van der Waals surface area contributed by atoms with Gasteiger partial charge in [0, 0.05) is 12.6 Å². The van der Waals surface area contributed by atoms with Crippen molar-refractivity contribution in [1.29, 1.82) is 0 Å². The van der Waals surface area contributed by atoms with Gasteiger partial charge in [0.2, 0.25) is 5.91 Å². The molecule has 0 aromatic rings. The van der Waals surface area contributed by atoms with Gasteiger partial charge in [-0.1, -0.05) is 0 Å². The van der Waals surface area contributed by atoms with Crippen molar-refractivity contribution >= 4 is 12.0 Å². The molecular formula is C12H20N2O4. The zero-order chi connectivity index (χ0) is 13.1. The molecule has 102 valence electrons. The van der Waals surface area contributed by atoms with Gasteiger partial charge in [-0.3, -0.25) is 9.69 Å². The number of hydrogen-bond donors (Lipinski definition) is 1. The molecular weight excluding hydrogens is 236 g/mol. The molecule has 2 aliphatic rings. The molecule has 0 radical (unpaired) electrons. The van der Waals surface area contributed by atoms with Crippen molar-refractivity contribution < 1.29 is 19.1 Å². The fourth-order valence-corrected chi connectivity index (χ4v) is 1.83. The van der Waals surface area contributed by atoms with Crippen molar-refractivity contribution in [2.24, 2.45) is 0 Å². The van der Waals surface area contributed by atoms with Gasteiger partial charge in [0.1, 0.15) is 6.04 Å². The molecule has 6 nitrogen and oxygen atoms in total. The van der Waals surface area contributed by atoms with Crippen LogP contribution in [0.5, 0.6) is 0 Å². The van der Waals surface area contributed by atoms with Crippen LogP contribution in [0.3, 0.4) is 0 Å². The molecule has 2 rings (SSSR count). The van der Waals surface area contributed by atoms with E-state index in [1.54, 1.807) is 13.8 Å². The van der Waals surface area contributed by atoms with E-state index in [0.29, 0.717) is 13.2 Å². The molecule has 1 heterocycles. The van der Waals surface area contributed by atoms with Crippen LogP contribution in [0.2, 0.25) is 0 Å². The zero-order valence-corrected chi connectivity index (χ0v) is 10.8. The molecule has 1 aliphatic heterocycles. The predicted octanol–water partition coefficient (Wildman–Crippen LogP) is 0.511. The van der Waals surface area contributed by atoms with E-state index in [0.717, 1.165) is 12.8 Å². The highest BCUT2D eigenvalue weighted by Crippen LogP contribution is 2.20. The number of rotatable bonds is 3. The molecule has 1 saturated carbocycles. The Hall–Kier alpha value is -1.30. The smallest absolute Gasteiger partial charge is 0.410 e. The minimum atomic E-state index is -0.564. The normalized spacial score (nSPS) is 23.9. The van der Waals surface area contributed by atoms with E-state index in [9.17, 15) is 9.59 Å². The number of hydrogen-bond acceptors (Lipinski definition) is 4. The van der Waals surface area contributed by atoms with Crippen molar-refractivity contribution in [3.05, 3.63) is 0 Å². The van der Waals surface area contributed by atoms with Gasteiger partial charge in [0.05, 0.1) is 19.3 Å². The molecule has 1 aliphatic carbocycles. The van der Waals surface area contributed by atoms with E-state index >= 15 is 0 Å². The first-order chi connectivity index (χ1) is 8.58. The van der Waals surface area contributed by atoms with Gasteiger partial charge in [-0.05, 0) is 26.7 Å². The van der Waals surface area contributed by atoms with Crippen LogP contribution in [0.1, 0.15) is 26.7 Å². The Bertz CT molecular complexity index is 304. The molecule has 1 unspecified atom stereocenters. The summed E-state index contributed by atoms with van der Waals surface area (Å²) < 4.78 is 10.4. The highest BCUT2D eigenvalue weighted by molar-refractivity contribution is 5.86. The van der Waals surface area contributed by atoms with Crippen LogP contribution in [0.4, 0.5) is 4.79 Å². The number of nitrogens with one attached hydrogen (secondary N) is 1. The molecule has 1 N–H and O–H groups in total. The Balaban J connectivity index is 1.95. The summed E-state index contributed by atoms with van der Waals surface area (Å²) >= 11 is 0. The van der Waals surface area contributed by atoms with Crippen molar-refractivity contribution in [2.45, 2.75) is 44.9 Å². The average Bonchev–Trinajstić information content (AvgIpc) is 3.12. The predicted molar refractivity (Wildman–Crippen MR) is 64.1 cm³/mol. The zero-order valence-electron chi connectivity index (χ0n) is 10.8. The fraction of sp³-hybridized carbons (Fsp3) is 0.833. The monoisotopic (exact) mass is 256 g/mol. The minimum absolute atomic E-state index is 0.141. The summed E-state index contributed by atoms with van der Waals surface area (Å²) in [4.78, 5) is 25.4. The summed E-state index contributed by atoms with van der Waals surface area (Å²) in [5.41, 5.74) is 0. The minimum Gasteiger partial charge on any atom is -0.447 e. The number of ether oxygens (including phenoxy) is 2. The number of amides is 2. The summed E-state index contributed by atoms with van der Waals surface area (Å²) in [5.74, 6) is -0.141. The largest absolute Gasteiger partial charge is 0.447 e.